The largest absolute Gasteiger partial charge is 0.527 e. The Morgan fingerprint density at radius 3 is 2.53 bits per heavy atom. The highest BCUT2D eigenvalue weighted by atomic mass is 16.8. The first-order chi connectivity index (χ1) is 21.0. The number of H-pyrrole nitrogens is 1. The highest BCUT2D eigenvalue weighted by Crippen LogP contribution is 2.25. The van der Waals surface area contributed by atoms with E-state index < -0.39 is 18.1 Å². The standard InChI is InChI=1S/C28H35N9O6/c1-2-41-28(40)43-37-16-14-36(15-17-37)27(39)21(12-13-23-32-34-35-33-23)30-26(38)22-18-24(42-20-10-6-7-11-20)31-25(29-22)19-8-4-3-5-9-19/h3-5,8-9,18,20-21H,2,6-7,10-17H2,1H3,(H,30,38)(H,32,33,34,35)/t21-/m0/s1. The molecule has 1 saturated heterocycles. The first-order valence-corrected chi connectivity index (χ1v) is 14.5. The average Bonchev–Trinajstić information content (AvgIpc) is 3.74. The number of aryl methyl sites for hydroxylation is 1. The first-order valence-electron chi connectivity index (χ1n) is 14.5. The molecule has 5 rings (SSSR count). The number of tetrazole rings is 1. The second-order valence-corrected chi connectivity index (χ2v) is 10.2. The predicted octanol–water partition coefficient (Wildman–Crippen LogP) is 1.94. The fourth-order valence-corrected chi connectivity index (χ4v) is 5.02. The number of benzene rings is 1. The van der Waals surface area contributed by atoms with Crippen LogP contribution in [0.15, 0.2) is 36.4 Å². The number of nitrogens with zero attached hydrogens (tertiary/aromatic N) is 7. The lowest BCUT2D eigenvalue weighted by molar-refractivity contribution is -0.157. The van der Waals surface area contributed by atoms with Crippen molar-refractivity contribution in [2.75, 3.05) is 32.8 Å². The van der Waals surface area contributed by atoms with E-state index in [0.29, 0.717) is 50.1 Å². The van der Waals surface area contributed by atoms with Crippen molar-refractivity contribution in [3.8, 4) is 17.3 Å². The zero-order valence-corrected chi connectivity index (χ0v) is 24.0. The van der Waals surface area contributed by atoms with Crippen LogP contribution in [-0.4, -0.2) is 103 Å². The number of piperazine rings is 1. The van der Waals surface area contributed by atoms with E-state index in [1.807, 2.05) is 30.3 Å². The molecule has 1 aliphatic heterocycles. The van der Waals surface area contributed by atoms with Crippen molar-refractivity contribution in [1.82, 2.24) is 45.9 Å². The maximum atomic E-state index is 13.7. The molecule has 15 nitrogen and oxygen atoms in total. The Morgan fingerprint density at radius 1 is 1.07 bits per heavy atom. The fraction of sp³-hybridized carbons (Fsp3) is 0.500. The molecule has 3 heterocycles. The fourth-order valence-electron chi connectivity index (χ4n) is 5.02. The zero-order valence-electron chi connectivity index (χ0n) is 24.0. The smallest absolute Gasteiger partial charge is 0.474 e. The van der Waals surface area contributed by atoms with Gasteiger partial charge in [0.2, 0.25) is 11.8 Å². The van der Waals surface area contributed by atoms with Crippen LogP contribution in [-0.2, 0) is 20.8 Å². The second-order valence-electron chi connectivity index (χ2n) is 10.2. The van der Waals surface area contributed by atoms with Gasteiger partial charge in [-0.25, -0.2) is 14.9 Å². The Bertz CT molecular complexity index is 1360. The van der Waals surface area contributed by atoms with Crippen LogP contribution >= 0.6 is 0 Å². The van der Waals surface area contributed by atoms with E-state index in [9.17, 15) is 14.4 Å². The molecular weight excluding hydrogens is 558 g/mol. The Kier molecular flexibility index (Phi) is 10.0. The molecule has 2 amide bonds. The molecule has 0 radical (unpaired) electrons. The van der Waals surface area contributed by atoms with E-state index in [4.69, 9.17) is 14.3 Å². The number of carbonyl (C=O) groups is 3. The summed E-state index contributed by atoms with van der Waals surface area (Å²) in [5, 5.41) is 18.1. The van der Waals surface area contributed by atoms with Crippen LogP contribution < -0.4 is 10.1 Å². The molecule has 228 valence electrons. The van der Waals surface area contributed by atoms with Gasteiger partial charge in [0.15, 0.2) is 5.82 Å². The van der Waals surface area contributed by atoms with Gasteiger partial charge < -0.3 is 24.5 Å². The maximum Gasteiger partial charge on any atom is 0.527 e. The predicted molar refractivity (Wildman–Crippen MR) is 150 cm³/mol. The van der Waals surface area contributed by atoms with Crippen LogP contribution in [0.5, 0.6) is 5.88 Å². The molecule has 0 bridgehead atoms. The monoisotopic (exact) mass is 593 g/mol. The Balaban J connectivity index is 1.32. The number of carbonyl (C=O) groups excluding carboxylic acids is 3. The lowest BCUT2D eigenvalue weighted by Crippen LogP contribution is -2.55. The van der Waals surface area contributed by atoms with Gasteiger partial charge in [-0.05, 0) is 49.5 Å². The van der Waals surface area contributed by atoms with Gasteiger partial charge in [0, 0.05) is 31.1 Å². The summed E-state index contributed by atoms with van der Waals surface area (Å²) in [6.45, 7) is 3.07. The number of ether oxygens (including phenoxy) is 2. The average molecular weight is 594 g/mol. The van der Waals surface area contributed by atoms with E-state index >= 15 is 0 Å². The number of amides is 2. The lowest BCUT2D eigenvalue weighted by atomic mass is 10.1. The molecule has 2 N–H and O–H groups in total. The molecule has 1 aliphatic carbocycles. The summed E-state index contributed by atoms with van der Waals surface area (Å²) in [5.41, 5.74) is 0.829. The van der Waals surface area contributed by atoms with Gasteiger partial charge >= 0.3 is 6.16 Å². The summed E-state index contributed by atoms with van der Waals surface area (Å²) in [4.78, 5) is 54.9. The third kappa shape index (κ3) is 8.22. The summed E-state index contributed by atoms with van der Waals surface area (Å²) in [6.07, 6.45) is 3.84. The van der Waals surface area contributed by atoms with Crippen LogP contribution in [0.1, 0.15) is 55.3 Å². The van der Waals surface area contributed by atoms with E-state index in [-0.39, 0.29) is 30.7 Å². The molecular formula is C28H35N9O6. The molecule has 3 aromatic rings. The SMILES string of the molecule is CCOC(=O)ON1CCN(C(=O)[C@H](CCc2nnn[nH]2)NC(=O)c2cc(OC3CCCC3)nc(-c3ccccc3)n2)CC1. The van der Waals surface area contributed by atoms with E-state index in [1.54, 1.807) is 11.8 Å². The van der Waals surface area contributed by atoms with Gasteiger partial charge in [0.25, 0.3) is 5.91 Å². The molecule has 1 aromatic carbocycles. The van der Waals surface area contributed by atoms with Crippen molar-refractivity contribution >= 4 is 18.0 Å². The quantitative estimate of drug-likeness (QED) is 0.309. The third-order valence-electron chi connectivity index (χ3n) is 7.24. The third-order valence-corrected chi connectivity index (χ3v) is 7.24. The van der Waals surface area contributed by atoms with Crippen molar-refractivity contribution in [2.45, 2.75) is 57.6 Å². The highest BCUT2D eigenvalue weighted by molar-refractivity contribution is 5.96. The molecule has 0 unspecified atom stereocenters. The van der Waals surface area contributed by atoms with Gasteiger partial charge in [-0.15, -0.1) is 10.2 Å². The van der Waals surface area contributed by atoms with Crippen molar-refractivity contribution < 1.29 is 28.7 Å². The molecule has 0 spiro atoms. The van der Waals surface area contributed by atoms with E-state index in [0.717, 1.165) is 31.2 Å². The van der Waals surface area contributed by atoms with Crippen molar-refractivity contribution in [3.63, 3.8) is 0 Å². The van der Waals surface area contributed by atoms with Crippen molar-refractivity contribution in [1.29, 1.82) is 0 Å². The molecule has 2 aromatic heterocycles. The molecule has 1 atom stereocenters. The summed E-state index contributed by atoms with van der Waals surface area (Å²) in [5.74, 6) is 0.347. The minimum Gasteiger partial charge on any atom is -0.474 e. The summed E-state index contributed by atoms with van der Waals surface area (Å²) in [6, 6.07) is 9.97. The van der Waals surface area contributed by atoms with Gasteiger partial charge in [0.1, 0.15) is 23.7 Å². The number of hydroxylamine groups is 2. The minimum absolute atomic E-state index is 0.0331. The van der Waals surface area contributed by atoms with Crippen LogP contribution in [0.2, 0.25) is 0 Å². The van der Waals surface area contributed by atoms with Gasteiger partial charge in [-0.2, -0.15) is 4.98 Å². The Morgan fingerprint density at radius 2 is 1.84 bits per heavy atom. The highest BCUT2D eigenvalue weighted by Gasteiger charge is 2.31. The first kappa shape index (κ1) is 29.8. The van der Waals surface area contributed by atoms with Crippen molar-refractivity contribution in [2.24, 2.45) is 0 Å². The van der Waals surface area contributed by atoms with Gasteiger partial charge in [-0.1, -0.05) is 30.3 Å². The number of nitrogens with one attached hydrogen (secondary N) is 2. The van der Waals surface area contributed by atoms with E-state index in [2.05, 4.69) is 35.9 Å². The number of hydrogen-bond acceptors (Lipinski definition) is 12. The topological polar surface area (TPSA) is 178 Å². The van der Waals surface area contributed by atoms with Crippen LogP contribution in [0, 0.1) is 0 Å². The zero-order chi connectivity index (χ0) is 30.0. The molecule has 15 heteroatoms. The lowest BCUT2D eigenvalue weighted by Gasteiger charge is -2.35. The maximum absolute atomic E-state index is 13.7. The molecule has 43 heavy (non-hydrogen) atoms. The Labute approximate surface area is 248 Å². The molecule has 2 fully saturated rings. The summed E-state index contributed by atoms with van der Waals surface area (Å²) < 4.78 is 11.0. The Hall–Kier alpha value is -4.66. The molecule has 2 aliphatic rings. The van der Waals surface area contributed by atoms with Crippen molar-refractivity contribution in [3.05, 3.63) is 47.9 Å². The van der Waals surface area contributed by atoms with E-state index in [1.165, 1.54) is 11.1 Å². The van der Waals surface area contributed by atoms with Gasteiger partial charge in [0.05, 0.1) is 19.7 Å². The van der Waals surface area contributed by atoms with Gasteiger partial charge in [-0.3, -0.25) is 9.59 Å². The summed E-state index contributed by atoms with van der Waals surface area (Å²) in [7, 11) is 0. The van der Waals surface area contributed by atoms with Crippen LogP contribution in [0.3, 0.4) is 0 Å². The van der Waals surface area contributed by atoms with Crippen LogP contribution in [0.4, 0.5) is 4.79 Å². The summed E-state index contributed by atoms with van der Waals surface area (Å²) >= 11 is 0. The minimum atomic E-state index is -0.899. The number of aromatic nitrogens is 6. The molecule has 1 saturated carbocycles. The normalized spacial score (nSPS) is 16.4. The second kappa shape index (κ2) is 14.5. The number of aromatic amines is 1. The number of rotatable bonds is 11. The number of hydrogen-bond donors (Lipinski definition) is 2. The van der Waals surface area contributed by atoms with Crippen LogP contribution in [0.25, 0.3) is 11.4 Å².